The molecule has 0 bridgehead atoms. The summed E-state index contributed by atoms with van der Waals surface area (Å²) in [6.45, 7) is 10.8. The fourth-order valence-electron chi connectivity index (χ4n) is 2.06. The fraction of sp³-hybridized carbons (Fsp3) is 0.833. The minimum absolute atomic E-state index is 0.116. The Kier molecular flexibility index (Phi) is 3.58. The summed E-state index contributed by atoms with van der Waals surface area (Å²) in [5.74, 6) is 2.88. The van der Waals surface area contributed by atoms with Gasteiger partial charge in [-0.2, -0.15) is 0 Å². The Morgan fingerprint density at radius 3 is 2.71 bits per heavy atom. The van der Waals surface area contributed by atoms with E-state index in [1.165, 1.54) is 6.42 Å². The van der Waals surface area contributed by atoms with Gasteiger partial charge < -0.3 is 5.32 Å². The van der Waals surface area contributed by atoms with Crippen LogP contribution in [0.1, 0.15) is 34.1 Å². The topological polar surface area (TPSA) is 15.3 Å². The molecule has 1 aliphatic heterocycles. The van der Waals surface area contributed by atoms with E-state index in [1.807, 2.05) is 0 Å². The Bertz CT molecular complexity index is 227. The lowest BCUT2D eigenvalue weighted by atomic mass is 9.97. The fourth-order valence-corrected chi connectivity index (χ4v) is 2.06. The van der Waals surface area contributed by atoms with E-state index >= 15 is 0 Å². The Morgan fingerprint density at radius 2 is 2.21 bits per heavy atom. The standard InChI is InChI=1S/C12H22N2/c1-6-11-9-14(10(3)8-13-11)12(4,5)7-2/h2,10-11,13H,6,8-9H2,1,3-5H3. The second-order valence-electron chi connectivity index (χ2n) is 4.72. The van der Waals surface area contributed by atoms with Crippen molar-refractivity contribution in [1.82, 2.24) is 10.2 Å². The molecule has 0 aromatic rings. The summed E-state index contributed by atoms with van der Waals surface area (Å²) in [5, 5.41) is 3.53. The average Bonchev–Trinajstić information content (AvgIpc) is 2.18. The van der Waals surface area contributed by atoms with Gasteiger partial charge in [0.25, 0.3) is 0 Å². The maximum absolute atomic E-state index is 5.57. The summed E-state index contributed by atoms with van der Waals surface area (Å²) in [4.78, 5) is 2.43. The van der Waals surface area contributed by atoms with Crippen molar-refractivity contribution in [3.63, 3.8) is 0 Å². The highest BCUT2D eigenvalue weighted by molar-refractivity contribution is 5.11. The summed E-state index contributed by atoms with van der Waals surface area (Å²) < 4.78 is 0. The summed E-state index contributed by atoms with van der Waals surface area (Å²) in [7, 11) is 0. The molecule has 1 rings (SSSR count). The second-order valence-corrected chi connectivity index (χ2v) is 4.72. The minimum atomic E-state index is -0.116. The van der Waals surface area contributed by atoms with Crippen LogP contribution in [0.15, 0.2) is 0 Å². The van der Waals surface area contributed by atoms with Crippen molar-refractivity contribution in [2.45, 2.75) is 51.7 Å². The zero-order valence-electron chi connectivity index (χ0n) is 9.80. The maximum atomic E-state index is 5.57. The van der Waals surface area contributed by atoms with Crippen LogP contribution in [0.5, 0.6) is 0 Å². The lowest BCUT2D eigenvalue weighted by Gasteiger charge is -2.45. The summed E-state index contributed by atoms with van der Waals surface area (Å²) in [6, 6.07) is 1.13. The van der Waals surface area contributed by atoms with Crippen LogP contribution in [0.25, 0.3) is 0 Å². The van der Waals surface area contributed by atoms with Crippen molar-refractivity contribution in [3.8, 4) is 12.3 Å². The molecule has 1 heterocycles. The maximum Gasteiger partial charge on any atom is 0.0769 e. The Morgan fingerprint density at radius 1 is 1.57 bits per heavy atom. The number of hydrogen-bond donors (Lipinski definition) is 1. The number of nitrogens with one attached hydrogen (secondary N) is 1. The van der Waals surface area contributed by atoms with Crippen molar-refractivity contribution in [2.24, 2.45) is 0 Å². The number of hydrogen-bond acceptors (Lipinski definition) is 2. The van der Waals surface area contributed by atoms with E-state index in [9.17, 15) is 0 Å². The summed E-state index contributed by atoms with van der Waals surface area (Å²) >= 11 is 0. The zero-order chi connectivity index (χ0) is 10.8. The van der Waals surface area contributed by atoms with Crippen LogP contribution in [-0.4, -0.2) is 35.6 Å². The third-order valence-electron chi connectivity index (χ3n) is 3.22. The van der Waals surface area contributed by atoms with Crippen LogP contribution in [0.3, 0.4) is 0 Å². The minimum Gasteiger partial charge on any atom is -0.311 e. The van der Waals surface area contributed by atoms with E-state index in [4.69, 9.17) is 6.42 Å². The predicted molar refractivity (Wildman–Crippen MR) is 61.2 cm³/mol. The molecular weight excluding hydrogens is 172 g/mol. The highest BCUT2D eigenvalue weighted by Crippen LogP contribution is 2.20. The molecule has 1 aliphatic rings. The molecule has 1 fully saturated rings. The van der Waals surface area contributed by atoms with Gasteiger partial charge in [-0.15, -0.1) is 6.42 Å². The Balaban J connectivity index is 2.71. The van der Waals surface area contributed by atoms with Gasteiger partial charge in [0.1, 0.15) is 0 Å². The van der Waals surface area contributed by atoms with Gasteiger partial charge in [0, 0.05) is 25.2 Å². The van der Waals surface area contributed by atoms with Crippen LogP contribution in [-0.2, 0) is 0 Å². The molecule has 1 N–H and O–H groups in total. The number of rotatable bonds is 2. The number of nitrogens with zero attached hydrogens (tertiary/aromatic N) is 1. The highest BCUT2D eigenvalue weighted by Gasteiger charge is 2.33. The van der Waals surface area contributed by atoms with Crippen molar-refractivity contribution < 1.29 is 0 Å². The average molecular weight is 194 g/mol. The Labute approximate surface area is 88.1 Å². The molecule has 1 saturated heterocycles. The predicted octanol–water partition coefficient (Wildman–Crippen LogP) is 1.47. The monoisotopic (exact) mass is 194 g/mol. The van der Waals surface area contributed by atoms with Gasteiger partial charge in [-0.1, -0.05) is 12.8 Å². The van der Waals surface area contributed by atoms with Gasteiger partial charge in [0.15, 0.2) is 0 Å². The summed E-state index contributed by atoms with van der Waals surface area (Å²) in [5.41, 5.74) is -0.116. The molecule has 2 unspecified atom stereocenters. The lowest BCUT2D eigenvalue weighted by Crippen LogP contribution is -2.61. The molecule has 0 saturated carbocycles. The highest BCUT2D eigenvalue weighted by atomic mass is 15.3. The van der Waals surface area contributed by atoms with Crippen LogP contribution in [0.4, 0.5) is 0 Å². The van der Waals surface area contributed by atoms with Gasteiger partial charge in [0.05, 0.1) is 5.54 Å². The number of terminal acetylenes is 1. The van der Waals surface area contributed by atoms with Gasteiger partial charge >= 0.3 is 0 Å². The van der Waals surface area contributed by atoms with Gasteiger partial charge in [0.2, 0.25) is 0 Å². The van der Waals surface area contributed by atoms with Crippen molar-refractivity contribution >= 4 is 0 Å². The molecule has 0 amide bonds. The van der Waals surface area contributed by atoms with Crippen LogP contribution in [0, 0.1) is 12.3 Å². The molecule has 2 heteroatoms. The third kappa shape index (κ3) is 2.29. The van der Waals surface area contributed by atoms with Crippen molar-refractivity contribution in [2.75, 3.05) is 13.1 Å². The van der Waals surface area contributed by atoms with E-state index in [-0.39, 0.29) is 5.54 Å². The Hall–Kier alpha value is -0.520. The molecule has 2 atom stereocenters. The smallest absolute Gasteiger partial charge is 0.0769 e. The first-order valence-corrected chi connectivity index (χ1v) is 5.49. The van der Waals surface area contributed by atoms with Crippen LogP contribution >= 0.6 is 0 Å². The molecule has 0 aromatic heterocycles. The molecular formula is C12H22N2. The van der Waals surface area contributed by atoms with Gasteiger partial charge in [-0.05, 0) is 27.2 Å². The van der Waals surface area contributed by atoms with E-state index in [0.29, 0.717) is 12.1 Å². The molecule has 0 radical (unpaired) electrons. The SMILES string of the molecule is C#CC(C)(C)N1CC(CC)NCC1C. The normalized spacial score (nSPS) is 29.9. The molecule has 0 spiro atoms. The van der Waals surface area contributed by atoms with Gasteiger partial charge in [-0.25, -0.2) is 0 Å². The quantitative estimate of drug-likeness (QED) is 0.670. The first kappa shape index (κ1) is 11.6. The van der Waals surface area contributed by atoms with E-state index in [2.05, 4.69) is 43.8 Å². The van der Waals surface area contributed by atoms with E-state index in [1.54, 1.807) is 0 Å². The van der Waals surface area contributed by atoms with E-state index in [0.717, 1.165) is 13.1 Å². The third-order valence-corrected chi connectivity index (χ3v) is 3.22. The first-order valence-electron chi connectivity index (χ1n) is 5.49. The van der Waals surface area contributed by atoms with Crippen LogP contribution in [0.2, 0.25) is 0 Å². The number of piperazine rings is 1. The molecule has 14 heavy (non-hydrogen) atoms. The van der Waals surface area contributed by atoms with E-state index < -0.39 is 0 Å². The largest absolute Gasteiger partial charge is 0.311 e. The van der Waals surface area contributed by atoms with Crippen molar-refractivity contribution in [3.05, 3.63) is 0 Å². The zero-order valence-corrected chi connectivity index (χ0v) is 9.80. The second kappa shape index (κ2) is 4.33. The van der Waals surface area contributed by atoms with Gasteiger partial charge in [-0.3, -0.25) is 4.90 Å². The molecule has 0 aliphatic carbocycles. The first-order chi connectivity index (χ1) is 6.51. The molecule has 0 aromatic carbocycles. The van der Waals surface area contributed by atoms with Crippen molar-refractivity contribution in [1.29, 1.82) is 0 Å². The summed E-state index contributed by atoms with van der Waals surface area (Å²) in [6.07, 6.45) is 6.74. The molecule has 80 valence electrons. The lowest BCUT2D eigenvalue weighted by molar-refractivity contribution is 0.0711. The molecule has 2 nitrogen and oxygen atoms in total. The van der Waals surface area contributed by atoms with Crippen LogP contribution < -0.4 is 5.32 Å².